The molecule has 0 aliphatic heterocycles. The predicted octanol–water partition coefficient (Wildman–Crippen LogP) is 4.05. The Kier molecular flexibility index (Phi) is 4.65. The average Bonchev–Trinajstić information content (AvgIpc) is 2.99. The number of anilines is 1. The molecule has 0 radical (unpaired) electrons. The van der Waals surface area contributed by atoms with E-state index in [1.807, 2.05) is 0 Å². The molecule has 1 aromatic heterocycles. The molecular weight excluding hydrogens is 294 g/mol. The number of ether oxygens (including phenoxy) is 1. The second-order valence-corrected chi connectivity index (χ2v) is 5.98. The minimum atomic E-state index is 0.188. The Morgan fingerprint density at radius 2 is 2.00 bits per heavy atom. The van der Waals surface area contributed by atoms with Gasteiger partial charge < -0.3 is 10.1 Å². The molecule has 1 N–H and O–H groups in total. The van der Waals surface area contributed by atoms with Crippen LogP contribution in [0.4, 0.5) is 5.13 Å². The molecule has 4 nitrogen and oxygen atoms in total. The summed E-state index contributed by atoms with van der Waals surface area (Å²) in [7, 11) is 1.69. The van der Waals surface area contributed by atoms with Gasteiger partial charge in [-0.1, -0.05) is 36.4 Å². The van der Waals surface area contributed by atoms with Crippen LogP contribution in [-0.4, -0.2) is 23.1 Å². The summed E-state index contributed by atoms with van der Waals surface area (Å²) in [5.41, 5.74) is 1.24. The summed E-state index contributed by atoms with van der Waals surface area (Å²) in [5, 5.41) is 6.79. The minimum Gasteiger partial charge on any atom is -0.384 e. The summed E-state index contributed by atoms with van der Waals surface area (Å²) in [6.07, 6.45) is 0.749. The molecule has 1 heterocycles. The van der Waals surface area contributed by atoms with Crippen molar-refractivity contribution < 1.29 is 4.74 Å². The highest BCUT2D eigenvalue weighted by molar-refractivity contribution is 7.09. The van der Waals surface area contributed by atoms with Gasteiger partial charge in [0.15, 0.2) is 0 Å². The second kappa shape index (κ2) is 6.85. The fourth-order valence-electron chi connectivity index (χ4n) is 2.35. The van der Waals surface area contributed by atoms with Crippen LogP contribution in [0.25, 0.3) is 10.8 Å². The van der Waals surface area contributed by atoms with E-state index in [9.17, 15) is 0 Å². The van der Waals surface area contributed by atoms with Crippen molar-refractivity contribution in [3.05, 3.63) is 53.9 Å². The molecule has 0 spiro atoms. The van der Waals surface area contributed by atoms with E-state index in [2.05, 4.69) is 64.1 Å². The Bertz CT molecular complexity index is 756. The van der Waals surface area contributed by atoms with E-state index in [0.717, 1.165) is 17.4 Å². The first-order valence-corrected chi connectivity index (χ1v) is 8.10. The average molecular weight is 313 g/mol. The molecule has 0 aliphatic carbocycles. The quantitative estimate of drug-likeness (QED) is 0.745. The van der Waals surface area contributed by atoms with Crippen LogP contribution >= 0.6 is 11.5 Å². The van der Waals surface area contributed by atoms with E-state index in [1.165, 1.54) is 27.9 Å². The third kappa shape index (κ3) is 3.43. The first kappa shape index (κ1) is 14.9. The standard InChI is InChI=1S/C17H19N3OS/c1-12(18-17-19-16(20-22-17)9-10-21-2)14-8-7-13-5-3-4-6-15(13)11-14/h3-8,11-12H,9-10H2,1-2H3,(H,18,19,20). The normalized spacial score (nSPS) is 12.5. The van der Waals surface area contributed by atoms with Gasteiger partial charge in [-0.25, -0.2) is 4.98 Å². The highest BCUT2D eigenvalue weighted by Gasteiger charge is 2.10. The van der Waals surface area contributed by atoms with Crippen LogP contribution in [-0.2, 0) is 11.2 Å². The third-order valence-corrected chi connectivity index (χ3v) is 4.30. The van der Waals surface area contributed by atoms with Crippen LogP contribution in [0.2, 0.25) is 0 Å². The zero-order chi connectivity index (χ0) is 15.4. The highest BCUT2D eigenvalue weighted by Crippen LogP contribution is 2.24. The van der Waals surface area contributed by atoms with Crippen molar-refractivity contribution in [2.75, 3.05) is 19.0 Å². The molecule has 22 heavy (non-hydrogen) atoms. The summed E-state index contributed by atoms with van der Waals surface area (Å²) in [4.78, 5) is 4.49. The number of fused-ring (bicyclic) bond motifs is 1. The molecule has 0 bridgehead atoms. The third-order valence-electron chi connectivity index (χ3n) is 3.61. The summed E-state index contributed by atoms with van der Waals surface area (Å²) < 4.78 is 9.39. The summed E-state index contributed by atoms with van der Waals surface area (Å²) in [6.45, 7) is 2.79. The fourth-order valence-corrected chi connectivity index (χ4v) is 3.05. The summed E-state index contributed by atoms with van der Waals surface area (Å²) in [6, 6.07) is 15.1. The number of hydrogen-bond donors (Lipinski definition) is 1. The predicted molar refractivity (Wildman–Crippen MR) is 91.5 cm³/mol. The number of nitrogens with one attached hydrogen (secondary N) is 1. The first-order chi connectivity index (χ1) is 10.8. The summed E-state index contributed by atoms with van der Waals surface area (Å²) >= 11 is 1.40. The van der Waals surface area contributed by atoms with Gasteiger partial charge in [-0.3, -0.25) is 0 Å². The molecule has 0 aliphatic rings. The smallest absolute Gasteiger partial charge is 0.203 e. The van der Waals surface area contributed by atoms with E-state index in [-0.39, 0.29) is 6.04 Å². The van der Waals surface area contributed by atoms with E-state index < -0.39 is 0 Å². The lowest BCUT2D eigenvalue weighted by Gasteiger charge is -2.13. The van der Waals surface area contributed by atoms with Gasteiger partial charge >= 0.3 is 0 Å². The Balaban J connectivity index is 1.72. The van der Waals surface area contributed by atoms with Crippen LogP contribution in [0.5, 0.6) is 0 Å². The molecule has 5 heteroatoms. The number of benzene rings is 2. The number of nitrogens with zero attached hydrogens (tertiary/aromatic N) is 2. The van der Waals surface area contributed by atoms with Gasteiger partial charge in [0.1, 0.15) is 5.82 Å². The summed E-state index contributed by atoms with van der Waals surface area (Å²) in [5.74, 6) is 0.833. The van der Waals surface area contributed by atoms with Crippen molar-refractivity contribution in [2.24, 2.45) is 0 Å². The van der Waals surface area contributed by atoms with Crippen molar-refractivity contribution in [3.63, 3.8) is 0 Å². The lowest BCUT2D eigenvalue weighted by molar-refractivity contribution is 0.201. The Morgan fingerprint density at radius 1 is 1.18 bits per heavy atom. The molecule has 0 saturated carbocycles. The molecule has 0 fully saturated rings. The topological polar surface area (TPSA) is 47.0 Å². The maximum Gasteiger partial charge on any atom is 0.203 e. The van der Waals surface area contributed by atoms with Crippen molar-refractivity contribution in [2.45, 2.75) is 19.4 Å². The van der Waals surface area contributed by atoms with E-state index >= 15 is 0 Å². The van der Waals surface area contributed by atoms with Gasteiger partial charge in [0.2, 0.25) is 5.13 Å². The van der Waals surface area contributed by atoms with Crippen molar-refractivity contribution in [3.8, 4) is 0 Å². The lowest BCUT2D eigenvalue weighted by Crippen LogP contribution is -2.06. The van der Waals surface area contributed by atoms with Crippen LogP contribution in [0.15, 0.2) is 42.5 Å². The van der Waals surface area contributed by atoms with Crippen LogP contribution in [0, 0.1) is 0 Å². The van der Waals surface area contributed by atoms with E-state index in [4.69, 9.17) is 4.74 Å². The van der Waals surface area contributed by atoms with Crippen LogP contribution < -0.4 is 5.32 Å². The highest BCUT2D eigenvalue weighted by atomic mass is 32.1. The van der Waals surface area contributed by atoms with Crippen molar-refractivity contribution >= 4 is 27.4 Å². The monoisotopic (exact) mass is 313 g/mol. The molecular formula is C17H19N3OS. The second-order valence-electron chi connectivity index (χ2n) is 5.23. The van der Waals surface area contributed by atoms with Gasteiger partial charge in [-0.2, -0.15) is 4.37 Å². The van der Waals surface area contributed by atoms with E-state index in [1.54, 1.807) is 7.11 Å². The van der Waals surface area contributed by atoms with Crippen molar-refractivity contribution in [1.29, 1.82) is 0 Å². The van der Waals surface area contributed by atoms with Gasteiger partial charge in [-0.15, -0.1) is 0 Å². The molecule has 0 saturated heterocycles. The molecule has 1 unspecified atom stereocenters. The molecule has 3 rings (SSSR count). The number of aromatic nitrogens is 2. The van der Waals surface area contributed by atoms with Gasteiger partial charge in [0.05, 0.1) is 12.6 Å². The Hall–Kier alpha value is -1.98. The van der Waals surface area contributed by atoms with Crippen molar-refractivity contribution in [1.82, 2.24) is 9.36 Å². The molecule has 114 valence electrons. The fraction of sp³-hybridized carbons (Fsp3) is 0.294. The zero-order valence-corrected chi connectivity index (χ0v) is 13.6. The van der Waals surface area contributed by atoms with Crippen LogP contribution in [0.3, 0.4) is 0 Å². The van der Waals surface area contributed by atoms with Crippen LogP contribution in [0.1, 0.15) is 24.4 Å². The van der Waals surface area contributed by atoms with Gasteiger partial charge in [0, 0.05) is 25.1 Å². The van der Waals surface area contributed by atoms with Gasteiger partial charge in [0.25, 0.3) is 0 Å². The SMILES string of the molecule is COCCc1nsc(NC(C)c2ccc3ccccc3c2)n1. The molecule has 1 atom stereocenters. The number of hydrogen-bond acceptors (Lipinski definition) is 5. The maximum absolute atomic E-state index is 5.05. The maximum atomic E-state index is 5.05. The minimum absolute atomic E-state index is 0.188. The zero-order valence-electron chi connectivity index (χ0n) is 12.7. The van der Waals surface area contributed by atoms with E-state index in [0.29, 0.717) is 6.61 Å². The number of methoxy groups -OCH3 is 1. The lowest BCUT2D eigenvalue weighted by atomic mass is 10.0. The Morgan fingerprint density at radius 3 is 2.82 bits per heavy atom. The Labute approximate surface area is 134 Å². The first-order valence-electron chi connectivity index (χ1n) is 7.33. The number of rotatable bonds is 6. The van der Waals surface area contributed by atoms with Gasteiger partial charge in [-0.05, 0) is 29.3 Å². The largest absolute Gasteiger partial charge is 0.384 e. The molecule has 3 aromatic rings. The molecule has 0 amide bonds. The molecule has 2 aromatic carbocycles.